The highest BCUT2D eigenvalue weighted by Crippen LogP contribution is 2.63. The Bertz CT molecular complexity index is 889. The number of nitrogens with zero attached hydrogens (tertiary/aromatic N) is 1. The Morgan fingerprint density at radius 2 is 1.93 bits per heavy atom. The quantitative estimate of drug-likeness (QED) is 0.336. The van der Waals surface area contributed by atoms with Crippen LogP contribution in [0.25, 0.3) is 11.3 Å². The molecule has 0 bridgehead atoms. The Hall–Kier alpha value is -2.31. The number of amides is 1. The molecule has 1 saturated carbocycles. The number of benzene rings is 1. The van der Waals surface area contributed by atoms with Crippen molar-refractivity contribution in [3.63, 3.8) is 0 Å². The summed E-state index contributed by atoms with van der Waals surface area (Å²) in [6.07, 6.45) is 1.78. The Labute approximate surface area is 166 Å². The number of rotatable bonds is 6. The van der Waals surface area contributed by atoms with Gasteiger partial charge in [0, 0.05) is 5.56 Å². The van der Waals surface area contributed by atoms with E-state index in [1.54, 1.807) is 50.2 Å². The second-order valence-electron chi connectivity index (χ2n) is 6.41. The second-order valence-corrected chi connectivity index (χ2v) is 7.90. The van der Waals surface area contributed by atoms with Crippen LogP contribution in [0.1, 0.15) is 36.4 Å². The van der Waals surface area contributed by atoms with Crippen molar-refractivity contribution in [1.82, 2.24) is 5.43 Å². The zero-order chi connectivity index (χ0) is 19.7. The van der Waals surface area contributed by atoms with Crippen LogP contribution in [0.3, 0.4) is 0 Å². The fourth-order valence-corrected chi connectivity index (χ4v) is 3.19. The Balaban J connectivity index is 1.61. The number of alkyl halides is 2. The normalized spacial score (nSPS) is 20.4. The van der Waals surface area contributed by atoms with Crippen LogP contribution in [0.5, 0.6) is 0 Å². The molecule has 1 aliphatic rings. The minimum atomic E-state index is -1.04. The SMILES string of the molecule is CCOC(=O)c1ccc(-c2ccc(/C=N\NC(=O)[C@]3(C)CC3(Cl)Cl)o2)cc1. The lowest BCUT2D eigenvalue weighted by molar-refractivity contribution is -0.125. The van der Waals surface area contributed by atoms with Crippen molar-refractivity contribution in [3.8, 4) is 11.3 Å². The third-order valence-corrected chi connectivity index (χ3v) is 5.53. The van der Waals surface area contributed by atoms with Gasteiger partial charge in [0.25, 0.3) is 0 Å². The van der Waals surface area contributed by atoms with Crippen molar-refractivity contribution in [1.29, 1.82) is 0 Å². The van der Waals surface area contributed by atoms with Gasteiger partial charge in [-0.2, -0.15) is 5.10 Å². The molecule has 0 spiro atoms. The van der Waals surface area contributed by atoms with E-state index in [1.165, 1.54) is 6.21 Å². The first kappa shape index (κ1) is 19.5. The highest BCUT2D eigenvalue weighted by atomic mass is 35.5. The molecule has 0 saturated heterocycles. The summed E-state index contributed by atoms with van der Waals surface area (Å²) in [6.45, 7) is 3.77. The summed E-state index contributed by atoms with van der Waals surface area (Å²) in [4.78, 5) is 23.7. The zero-order valence-corrected chi connectivity index (χ0v) is 16.3. The summed E-state index contributed by atoms with van der Waals surface area (Å²) in [5.41, 5.74) is 2.86. The average Bonchev–Trinajstić information content (AvgIpc) is 2.98. The molecule has 0 unspecified atom stereocenters. The molecule has 6 nitrogen and oxygen atoms in total. The van der Waals surface area contributed by atoms with Gasteiger partial charge in [-0.1, -0.05) is 12.1 Å². The molecule has 0 aliphatic heterocycles. The molecule has 1 heterocycles. The smallest absolute Gasteiger partial charge is 0.338 e. The highest BCUT2D eigenvalue weighted by Gasteiger charge is 2.68. The van der Waals surface area contributed by atoms with Gasteiger partial charge in [0.05, 0.1) is 23.8 Å². The van der Waals surface area contributed by atoms with Crippen LogP contribution in [0.15, 0.2) is 45.9 Å². The fraction of sp³-hybridized carbons (Fsp3) is 0.316. The predicted molar refractivity (Wildman–Crippen MR) is 103 cm³/mol. The summed E-state index contributed by atoms with van der Waals surface area (Å²) in [7, 11) is 0. The molecular weight excluding hydrogens is 391 g/mol. The maximum absolute atomic E-state index is 12.0. The molecule has 1 atom stereocenters. The molecule has 2 aromatic rings. The molecule has 3 rings (SSSR count). The third-order valence-electron chi connectivity index (χ3n) is 4.42. The van der Waals surface area contributed by atoms with Crippen molar-refractivity contribution in [2.75, 3.05) is 6.61 Å². The van der Waals surface area contributed by atoms with E-state index >= 15 is 0 Å². The van der Waals surface area contributed by atoms with Crippen molar-refractivity contribution < 1.29 is 18.7 Å². The van der Waals surface area contributed by atoms with Gasteiger partial charge in [-0.25, -0.2) is 10.2 Å². The maximum atomic E-state index is 12.0. The number of ether oxygens (including phenoxy) is 1. The summed E-state index contributed by atoms with van der Waals surface area (Å²) in [5, 5.41) is 3.88. The molecule has 1 aliphatic carbocycles. The molecule has 1 aromatic carbocycles. The second kappa shape index (κ2) is 7.37. The number of hydrazone groups is 1. The van der Waals surface area contributed by atoms with Gasteiger partial charge < -0.3 is 9.15 Å². The Kier molecular flexibility index (Phi) is 5.31. The standard InChI is InChI=1S/C19H18Cl2N2O4/c1-3-26-16(24)13-6-4-12(5-7-13)15-9-8-14(27-15)10-22-23-17(25)18(2)11-19(18,20)21/h4-10H,3,11H2,1-2H3,(H,23,25)/b22-10-/t18-/m0/s1. The van der Waals surface area contributed by atoms with E-state index in [0.29, 0.717) is 30.1 Å². The molecule has 8 heteroatoms. The predicted octanol–water partition coefficient (Wildman–Crippen LogP) is 4.16. The van der Waals surface area contributed by atoms with Gasteiger partial charge in [0.2, 0.25) is 5.91 Å². The zero-order valence-electron chi connectivity index (χ0n) is 14.8. The number of halogens is 2. The van der Waals surface area contributed by atoms with Crippen molar-refractivity contribution in [2.24, 2.45) is 10.5 Å². The minimum Gasteiger partial charge on any atom is -0.462 e. The first-order chi connectivity index (χ1) is 12.8. The van der Waals surface area contributed by atoms with E-state index in [9.17, 15) is 9.59 Å². The van der Waals surface area contributed by atoms with E-state index < -0.39 is 9.75 Å². The van der Waals surface area contributed by atoms with Crippen LogP contribution in [0.2, 0.25) is 0 Å². The summed E-state index contributed by atoms with van der Waals surface area (Å²) in [6, 6.07) is 10.4. The van der Waals surface area contributed by atoms with Gasteiger partial charge in [-0.3, -0.25) is 4.79 Å². The van der Waals surface area contributed by atoms with Crippen LogP contribution in [0, 0.1) is 5.41 Å². The monoisotopic (exact) mass is 408 g/mol. The molecule has 1 aromatic heterocycles. The number of esters is 1. The molecule has 0 radical (unpaired) electrons. The first-order valence-electron chi connectivity index (χ1n) is 8.35. The van der Waals surface area contributed by atoms with Crippen LogP contribution in [-0.4, -0.2) is 29.0 Å². The number of furan rings is 1. The van der Waals surface area contributed by atoms with E-state index in [1.807, 2.05) is 0 Å². The lowest BCUT2D eigenvalue weighted by Gasteiger charge is -2.08. The van der Waals surface area contributed by atoms with Crippen molar-refractivity contribution >= 4 is 41.3 Å². The lowest BCUT2D eigenvalue weighted by atomic mass is 10.1. The summed E-state index contributed by atoms with van der Waals surface area (Å²) < 4.78 is 9.58. The van der Waals surface area contributed by atoms with Gasteiger partial charge in [0.1, 0.15) is 15.9 Å². The number of nitrogens with one attached hydrogen (secondary N) is 1. The maximum Gasteiger partial charge on any atom is 0.338 e. The van der Waals surface area contributed by atoms with E-state index in [4.69, 9.17) is 32.4 Å². The van der Waals surface area contributed by atoms with E-state index in [2.05, 4.69) is 10.5 Å². The summed E-state index contributed by atoms with van der Waals surface area (Å²) >= 11 is 11.9. The van der Waals surface area contributed by atoms with Crippen LogP contribution in [-0.2, 0) is 9.53 Å². The number of hydrogen-bond donors (Lipinski definition) is 1. The van der Waals surface area contributed by atoms with Crippen molar-refractivity contribution in [2.45, 2.75) is 24.6 Å². The van der Waals surface area contributed by atoms with Crippen LogP contribution < -0.4 is 5.43 Å². The molecule has 1 fully saturated rings. The van der Waals surface area contributed by atoms with Gasteiger partial charge in [-0.05, 0) is 44.5 Å². The average molecular weight is 409 g/mol. The van der Waals surface area contributed by atoms with Gasteiger partial charge in [-0.15, -0.1) is 23.2 Å². The number of carbonyl (C=O) groups is 2. The largest absolute Gasteiger partial charge is 0.462 e. The van der Waals surface area contributed by atoms with Crippen LogP contribution >= 0.6 is 23.2 Å². The van der Waals surface area contributed by atoms with Gasteiger partial charge in [0.15, 0.2) is 0 Å². The van der Waals surface area contributed by atoms with E-state index in [-0.39, 0.29) is 11.9 Å². The van der Waals surface area contributed by atoms with Gasteiger partial charge >= 0.3 is 5.97 Å². The fourth-order valence-electron chi connectivity index (χ4n) is 2.49. The third kappa shape index (κ3) is 4.01. The molecule has 1 N–H and O–H groups in total. The summed E-state index contributed by atoms with van der Waals surface area (Å²) in [5.74, 6) is 0.357. The Morgan fingerprint density at radius 1 is 1.26 bits per heavy atom. The molecular formula is C19H18Cl2N2O4. The first-order valence-corrected chi connectivity index (χ1v) is 9.11. The van der Waals surface area contributed by atoms with E-state index in [0.717, 1.165) is 5.56 Å². The number of carbonyl (C=O) groups excluding carboxylic acids is 2. The highest BCUT2D eigenvalue weighted by molar-refractivity contribution is 6.53. The topological polar surface area (TPSA) is 80.9 Å². The van der Waals surface area contributed by atoms with Crippen molar-refractivity contribution in [3.05, 3.63) is 47.7 Å². The number of hydrogen-bond acceptors (Lipinski definition) is 5. The van der Waals surface area contributed by atoms with Crippen LogP contribution in [0.4, 0.5) is 0 Å². The Morgan fingerprint density at radius 3 is 2.52 bits per heavy atom. The molecule has 27 heavy (non-hydrogen) atoms. The minimum absolute atomic E-state index is 0.327. The molecule has 1 amide bonds. The lowest BCUT2D eigenvalue weighted by Crippen LogP contribution is -2.29. The molecule has 142 valence electrons.